The van der Waals surface area contributed by atoms with Crippen LogP contribution in [-0.2, 0) is 22.7 Å². The molecule has 30 rings (SSSR count). The molecule has 3 heterocycles. The molecule has 0 saturated carbocycles. The van der Waals surface area contributed by atoms with Gasteiger partial charge >= 0.3 is 0 Å². The smallest absolute Gasteiger partial charge is 0.117 e. The molecule has 0 atom stereocenters. The highest BCUT2D eigenvalue weighted by molar-refractivity contribution is 7.02. The number of rotatable bonds is 9. The molecule has 0 aromatic heterocycles. The fourth-order valence-corrected chi connectivity index (χ4v) is 29.8. The van der Waals surface area contributed by atoms with Crippen molar-refractivity contribution in [3.63, 3.8) is 0 Å². The van der Waals surface area contributed by atoms with Gasteiger partial charge in [0.2, 0.25) is 0 Å². The summed E-state index contributed by atoms with van der Waals surface area (Å²) in [6.45, 7) is 19.2. The van der Waals surface area contributed by atoms with E-state index in [0.29, 0.717) is 0 Å². The van der Waals surface area contributed by atoms with Crippen LogP contribution in [0.25, 0.3) is 165 Å². The van der Waals surface area contributed by atoms with Crippen LogP contribution in [0.3, 0.4) is 0 Å². The quantitative estimate of drug-likeness (QED) is 0.105. The van der Waals surface area contributed by atoms with Crippen molar-refractivity contribution in [3.8, 4) is 100 Å². The van der Waals surface area contributed by atoms with Crippen LogP contribution in [0.2, 0.25) is 13.1 Å². The number of anilines is 11. The number of nitrogens with zero attached hydrogens (tertiary/aromatic N) is 4. The predicted octanol–water partition coefficient (Wildman–Crippen LogP) is 38.4. The van der Waals surface area contributed by atoms with E-state index in [1.165, 1.54) is 282 Å². The minimum Gasteiger partial charge on any atom is -0.341 e. The molecule has 24 aromatic rings. The first kappa shape index (κ1) is 89.8. The van der Waals surface area contributed by atoms with Crippen LogP contribution < -0.4 is 30.0 Å². The van der Waals surface area contributed by atoms with E-state index in [9.17, 15) is 0 Å². The van der Waals surface area contributed by atoms with Crippen LogP contribution in [0.1, 0.15) is 86.1 Å². The molecule has 4 nitrogen and oxygen atoms in total. The first-order valence-electron chi connectivity index (χ1n) is 53.0. The Balaban J connectivity index is 0.000000108. The van der Waals surface area contributed by atoms with Crippen molar-refractivity contribution < 1.29 is 0 Å². The van der Waals surface area contributed by atoms with E-state index in [0.717, 1.165) is 6.42 Å². The summed E-state index contributed by atoms with van der Waals surface area (Å²) in [5, 5.41) is 18.0. The molecule has 6 aliphatic rings. The fourth-order valence-electron chi connectivity index (χ4n) is 26.8. The van der Waals surface area contributed by atoms with Crippen LogP contribution >= 0.6 is 0 Å². The van der Waals surface area contributed by atoms with Gasteiger partial charge < -0.3 is 19.6 Å². The van der Waals surface area contributed by atoms with Crippen molar-refractivity contribution >= 4 is 146 Å². The minimum absolute atomic E-state index is 0.0338. The number of hydrogen-bond acceptors (Lipinski definition) is 4. The number of fused-ring (bicyclic) bond motifs is 21. The summed E-state index contributed by atoms with van der Waals surface area (Å²) in [7, 11) is 0.224. The van der Waals surface area contributed by atoms with Crippen molar-refractivity contribution in [2.45, 2.75) is 77.3 Å². The highest BCUT2D eigenvalue weighted by atomic mass is 28.3. The highest BCUT2D eigenvalue weighted by Crippen LogP contribution is 2.62. The van der Waals surface area contributed by atoms with Crippen molar-refractivity contribution in [3.05, 3.63) is 536 Å². The monoisotopic (exact) mass is 1930 g/mol. The SMILES string of the molecule is CC1(C)c2ccccc2-c2cc(-c3c4ccccc4c(N4c5ccccc5Cc5ccccc54)c4ccc(-c5ccccc5)cc34)ccc21.CC1(C)c2ccccc2-c2cc(-c3c4ccccc4c(N4c5ccccc5[Si](C)(C)c5ccccc54)c4ccc(-c5ccccc5)cc34)ccc21.CN1c2ccccc2N(c2c3ccccc3c(-c3ccc4c(c3)-c3ccccc3C4(C)C)c3cc(-c4ccccc4)ccc23)c2ccccc21. The van der Waals surface area contributed by atoms with Crippen LogP contribution in [0.4, 0.5) is 62.6 Å². The third kappa shape index (κ3) is 13.9. The molecule has 0 unspecified atom stereocenters. The Bertz CT molecular complexity index is 9580. The van der Waals surface area contributed by atoms with Crippen LogP contribution in [0, 0.1) is 0 Å². The maximum Gasteiger partial charge on any atom is 0.117 e. The second kappa shape index (κ2) is 34.7. The van der Waals surface area contributed by atoms with Gasteiger partial charge in [-0.2, -0.15) is 0 Å². The van der Waals surface area contributed by atoms with Gasteiger partial charge in [0, 0.05) is 84.8 Å². The van der Waals surface area contributed by atoms with Crippen molar-refractivity contribution in [2.24, 2.45) is 0 Å². The first-order chi connectivity index (χ1) is 73.4. The van der Waals surface area contributed by atoms with E-state index in [-0.39, 0.29) is 16.2 Å². The van der Waals surface area contributed by atoms with E-state index in [1.807, 2.05) is 0 Å². The van der Waals surface area contributed by atoms with Crippen LogP contribution in [0.5, 0.6) is 0 Å². The summed E-state index contributed by atoms with van der Waals surface area (Å²) in [4.78, 5) is 9.94. The van der Waals surface area contributed by atoms with Gasteiger partial charge in [0.15, 0.2) is 0 Å². The normalized spacial score (nSPS) is 14.3. The standard InChI is InChI=1S/C49H39NSi.C48H36N2.C48H35N/c1-49(2)41-21-11-10-18-35(41)39-31-34(27-29-42(39)49)47-36-19-8-9-20-37(36)48(38-28-26-33(30-40(38)47)32-16-6-5-7-17-32)50-43-22-12-14-24-45(43)51(3,4)46-25-15-13-23-44(46)50;1-48(2)40-20-10-9-17-34(40)38-30-33(26-28-41(38)48)46-35-18-7-8-19-36(35)47(37-27-25-32(29-39(37)46)31-15-5-4-6-16-31)50-44-23-13-11-21-42(44)49(3)43-22-12-14-24-45(43)50;1-48(2)42-21-11-10-18-36(42)40-30-35(25-27-43(40)48)46-37-19-8-9-20-38(37)47(39-26-24-32(29-41(39)46)31-14-4-3-5-15-31)49-44-22-12-6-16-33(44)28-34-17-7-13-23-45(34)49/h5-31H,1-4H3;4-30H,1-3H3;3-27,29-30H,28H2,1-2H3. The number of hydrogen-bond donors (Lipinski definition) is 0. The second-order valence-electron chi connectivity index (χ2n) is 43.6. The van der Waals surface area contributed by atoms with Crippen LogP contribution in [0.15, 0.2) is 491 Å². The molecule has 5 heteroatoms. The molecule has 0 fully saturated rings. The zero-order chi connectivity index (χ0) is 101. The van der Waals surface area contributed by atoms with Crippen molar-refractivity contribution in [2.75, 3.05) is 26.6 Å². The van der Waals surface area contributed by atoms with E-state index in [1.54, 1.807) is 0 Å². The topological polar surface area (TPSA) is 13.0 Å². The summed E-state index contributed by atoms with van der Waals surface area (Å²) >= 11 is 0. The Hall–Kier alpha value is -17.7. The predicted molar refractivity (Wildman–Crippen MR) is 641 cm³/mol. The van der Waals surface area contributed by atoms with E-state index < -0.39 is 8.07 Å². The average Bonchev–Trinajstić information content (AvgIpc) is 1.30. The Morgan fingerprint density at radius 2 is 0.420 bits per heavy atom. The van der Waals surface area contributed by atoms with Crippen LogP contribution in [-0.4, -0.2) is 15.1 Å². The lowest BCUT2D eigenvalue weighted by Gasteiger charge is -2.42. The van der Waals surface area contributed by atoms with Gasteiger partial charge in [-0.3, -0.25) is 0 Å². The van der Waals surface area contributed by atoms with Gasteiger partial charge in [-0.25, -0.2) is 0 Å². The van der Waals surface area contributed by atoms with E-state index in [2.05, 4.69) is 573 Å². The minimum atomic E-state index is -1.95. The molecule has 714 valence electrons. The summed E-state index contributed by atoms with van der Waals surface area (Å²) in [6.07, 6.45) is 0.932. The van der Waals surface area contributed by atoms with Gasteiger partial charge in [-0.15, -0.1) is 0 Å². The molecule has 0 bridgehead atoms. The van der Waals surface area contributed by atoms with Gasteiger partial charge in [-0.1, -0.05) is 461 Å². The first-order valence-corrected chi connectivity index (χ1v) is 56.0. The van der Waals surface area contributed by atoms with Gasteiger partial charge in [0.25, 0.3) is 0 Å². The fraction of sp³-hybridized carbons (Fsp3) is 0.0897. The molecule has 24 aromatic carbocycles. The third-order valence-electron chi connectivity index (χ3n) is 34.0. The number of benzene rings is 24. The zero-order valence-corrected chi connectivity index (χ0v) is 86.8. The molecule has 0 saturated heterocycles. The van der Waals surface area contributed by atoms with Gasteiger partial charge in [0.05, 0.1) is 39.8 Å². The molecule has 0 spiro atoms. The molecule has 0 amide bonds. The molecule has 3 aliphatic heterocycles. The lowest BCUT2D eigenvalue weighted by atomic mass is 9.81. The molecule has 0 N–H and O–H groups in total. The maximum atomic E-state index is 2.58. The molecular formula is C145H110N4Si. The Morgan fingerprint density at radius 3 is 0.760 bits per heavy atom. The van der Waals surface area contributed by atoms with Gasteiger partial charge in [-0.05, 0) is 272 Å². The molecule has 3 aliphatic carbocycles. The largest absolute Gasteiger partial charge is 0.341 e. The summed E-state index contributed by atoms with van der Waals surface area (Å²) in [5.74, 6) is 0. The Morgan fingerprint density at radius 1 is 0.180 bits per heavy atom. The Kier molecular flexibility index (Phi) is 20.8. The van der Waals surface area contributed by atoms with E-state index >= 15 is 0 Å². The molecule has 150 heavy (non-hydrogen) atoms. The third-order valence-corrected chi connectivity index (χ3v) is 37.6. The lowest BCUT2D eigenvalue weighted by molar-refractivity contribution is 0.660. The maximum absolute atomic E-state index is 2.58. The average molecular weight is 1940 g/mol. The second-order valence-corrected chi connectivity index (χ2v) is 47.9. The zero-order valence-electron chi connectivity index (χ0n) is 85.8. The summed E-state index contributed by atoms with van der Waals surface area (Å²) < 4.78 is 0. The molecular weight excluding hydrogens is 1830 g/mol. The van der Waals surface area contributed by atoms with E-state index in [4.69, 9.17) is 0 Å². The number of para-hydroxylation sites is 8. The van der Waals surface area contributed by atoms with Crippen molar-refractivity contribution in [1.82, 2.24) is 0 Å². The summed E-state index contributed by atoms with van der Waals surface area (Å²) in [5.41, 5.74) is 47.5. The van der Waals surface area contributed by atoms with Gasteiger partial charge in [0.1, 0.15) is 8.07 Å². The summed E-state index contributed by atoms with van der Waals surface area (Å²) in [6, 6.07) is 183. The Labute approximate surface area is 879 Å². The highest BCUT2D eigenvalue weighted by Gasteiger charge is 2.44. The lowest BCUT2D eigenvalue weighted by Crippen LogP contribution is -2.58. The van der Waals surface area contributed by atoms with Crippen molar-refractivity contribution in [1.29, 1.82) is 0 Å². The molecule has 0 radical (unpaired) electrons.